The van der Waals surface area contributed by atoms with Crippen LogP contribution in [-0.2, 0) is 22.4 Å². The Balaban J connectivity index is 1.65. The molecule has 6 nitrogen and oxygen atoms in total. The lowest BCUT2D eigenvalue weighted by Gasteiger charge is -2.23. The zero-order valence-corrected chi connectivity index (χ0v) is 17.7. The lowest BCUT2D eigenvalue weighted by molar-refractivity contribution is -0.132. The SMILES string of the molecule is CCc1ccc(N2C(=O)C(=O)/C(=C(\O)c3ccc4c(c3)CCCO4)C2c2ccco2)cc1. The molecule has 1 amide bonds. The molecule has 162 valence electrons. The highest BCUT2D eigenvalue weighted by atomic mass is 16.5. The van der Waals surface area contributed by atoms with Crippen LogP contribution in [0.1, 0.15) is 41.8 Å². The number of aliphatic hydroxyl groups is 1. The number of anilines is 1. The number of fused-ring (bicyclic) bond motifs is 1. The Bertz CT molecular complexity index is 1210. The van der Waals surface area contributed by atoms with Gasteiger partial charge in [0.25, 0.3) is 11.7 Å². The molecule has 1 atom stereocenters. The number of ketones is 1. The van der Waals surface area contributed by atoms with Crippen LogP contribution in [0.15, 0.2) is 70.9 Å². The van der Waals surface area contributed by atoms with Gasteiger partial charge in [0.15, 0.2) is 0 Å². The summed E-state index contributed by atoms with van der Waals surface area (Å²) in [6, 6.07) is 15.4. The molecule has 2 aliphatic rings. The zero-order chi connectivity index (χ0) is 22.2. The lowest BCUT2D eigenvalue weighted by atomic mass is 9.96. The summed E-state index contributed by atoms with van der Waals surface area (Å²) in [6.45, 7) is 2.71. The molecule has 3 aromatic rings. The Morgan fingerprint density at radius 1 is 1.12 bits per heavy atom. The van der Waals surface area contributed by atoms with E-state index in [-0.39, 0.29) is 11.3 Å². The van der Waals surface area contributed by atoms with E-state index in [1.165, 1.54) is 11.2 Å². The normalized spacial score (nSPS) is 19.7. The van der Waals surface area contributed by atoms with E-state index in [4.69, 9.17) is 9.15 Å². The average molecular weight is 429 g/mol. The molecule has 32 heavy (non-hydrogen) atoms. The van der Waals surface area contributed by atoms with Gasteiger partial charge in [-0.15, -0.1) is 0 Å². The fourth-order valence-corrected chi connectivity index (χ4v) is 4.37. The maximum atomic E-state index is 13.1. The van der Waals surface area contributed by atoms with Crippen LogP contribution in [0, 0.1) is 0 Å². The van der Waals surface area contributed by atoms with Crippen molar-refractivity contribution in [2.24, 2.45) is 0 Å². The van der Waals surface area contributed by atoms with Gasteiger partial charge < -0.3 is 14.3 Å². The second-order valence-corrected chi connectivity index (χ2v) is 7.98. The van der Waals surface area contributed by atoms with Crippen molar-refractivity contribution in [1.29, 1.82) is 0 Å². The van der Waals surface area contributed by atoms with Crippen molar-refractivity contribution < 1.29 is 23.8 Å². The monoisotopic (exact) mass is 429 g/mol. The molecular formula is C26H23NO5. The maximum absolute atomic E-state index is 13.1. The number of carbonyl (C=O) groups excluding carboxylic acids is 2. The quantitative estimate of drug-likeness (QED) is 0.366. The summed E-state index contributed by atoms with van der Waals surface area (Å²) in [4.78, 5) is 27.7. The van der Waals surface area contributed by atoms with Gasteiger partial charge in [0, 0.05) is 11.3 Å². The van der Waals surface area contributed by atoms with Crippen LogP contribution in [0.3, 0.4) is 0 Å². The topological polar surface area (TPSA) is 80.0 Å². The number of furan rings is 1. The minimum atomic E-state index is -0.857. The number of carbonyl (C=O) groups is 2. The van der Waals surface area contributed by atoms with E-state index in [0.717, 1.165) is 36.1 Å². The molecule has 0 radical (unpaired) electrons. The lowest BCUT2D eigenvalue weighted by Crippen LogP contribution is -2.29. The Morgan fingerprint density at radius 2 is 1.94 bits per heavy atom. The van der Waals surface area contributed by atoms with Crippen LogP contribution in [-0.4, -0.2) is 23.4 Å². The molecular weight excluding hydrogens is 406 g/mol. The first-order valence-electron chi connectivity index (χ1n) is 10.8. The summed E-state index contributed by atoms with van der Waals surface area (Å²) in [6.07, 6.45) is 4.08. The number of ether oxygens (including phenoxy) is 1. The molecule has 1 N–H and O–H groups in total. The number of amides is 1. The molecule has 0 aliphatic carbocycles. The third kappa shape index (κ3) is 3.28. The third-order valence-corrected chi connectivity index (χ3v) is 6.06. The van der Waals surface area contributed by atoms with Gasteiger partial charge in [0.2, 0.25) is 0 Å². The van der Waals surface area contributed by atoms with E-state index in [1.807, 2.05) is 37.3 Å². The van der Waals surface area contributed by atoms with Crippen LogP contribution >= 0.6 is 0 Å². The fraction of sp³-hybridized carbons (Fsp3) is 0.231. The largest absolute Gasteiger partial charge is 0.507 e. The fourth-order valence-electron chi connectivity index (χ4n) is 4.37. The first-order chi connectivity index (χ1) is 15.6. The van der Waals surface area contributed by atoms with Gasteiger partial charge in [-0.2, -0.15) is 0 Å². The summed E-state index contributed by atoms with van der Waals surface area (Å²) in [5.74, 6) is -0.458. The zero-order valence-electron chi connectivity index (χ0n) is 17.7. The van der Waals surface area contributed by atoms with Gasteiger partial charge in [0.05, 0.1) is 18.4 Å². The van der Waals surface area contributed by atoms with Crippen molar-refractivity contribution in [3.05, 3.63) is 88.9 Å². The highest BCUT2D eigenvalue weighted by Crippen LogP contribution is 2.42. The maximum Gasteiger partial charge on any atom is 0.300 e. The van der Waals surface area contributed by atoms with Gasteiger partial charge in [-0.1, -0.05) is 19.1 Å². The molecule has 2 aliphatic heterocycles. The van der Waals surface area contributed by atoms with Gasteiger partial charge in [-0.3, -0.25) is 14.5 Å². The predicted molar refractivity (Wildman–Crippen MR) is 120 cm³/mol. The molecule has 0 saturated carbocycles. The van der Waals surface area contributed by atoms with Crippen LogP contribution < -0.4 is 9.64 Å². The molecule has 3 heterocycles. The molecule has 5 rings (SSSR count). The predicted octanol–water partition coefficient (Wildman–Crippen LogP) is 4.79. The van der Waals surface area contributed by atoms with Crippen LogP contribution in [0.5, 0.6) is 5.75 Å². The summed E-state index contributed by atoms with van der Waals surface area (Å²) in [5.41, 5.74) is 3.16. The third-order valence-electron chi connectivity index (χ3n) is 6.06. The molecule has 6 heteroatoms. The van der Waals surface area contributed by atoms with Crippen molar-refractivity contribution in [3.8, 4) is 5.75 Å². The highest BCUT2D eigenvalue weighted by molar-refractivity contribution is 6.51. The number of nitrogens with zero attached hydrogens (tertiary/aromatic N) is 1. The number of hydrogen-bond acceptors (Lipinski definition) is 5. The Labute approximate surface area is 185 Å². The summed E-state index contributed by atoms with van der Waals surface area (Å²) >= 11 is 0. The first kappa shape index (κ1) is 20.1. The van der Waals surface area contributed by atoms with Gasteiger partial charge in [-0.25, -0.2) is 0 Å². The second-order valence-electron chi connectivity index (χ2n) is 7.98. The number of rotatable bonds is 4. The molecule has 1 unspecified atom stereocenters. The van der Waals surface area contributed by atoms with Crippen LogP contribution in [0.2, 0.25) is 0 Å². The highest BCUT2D eigenvalue weighted by Gasteiger charge is 2.48. The minimum absolute atomic E-state index is 0.0150. The molecule has 0 spiro atoms. The first-order valence-corrected chi connectivity index (χ1v) is 10.8. The number of Topliss-reactive ketones (excluding diaryl/α,β-unsaturated/α-hetero) is 1. The van der Waals surface area contributed by atoms with E-state index in [9.17, 15) is 14.7 Å². The number of aliphatic hydroxyl groups excluding tert-OH is 1. The Morgan fingerprint density at radius 3 is 2.66 bits per heavy atom. The van der Waals surface area contributed by atoms with Crippen molar-refractivity contribution in [2.75, 3.05) is 11.5 Å². The van der Waals surface area contributed by atoms with Crippen LogP contribution in [0.4, 0.5) is 5.69 Å². The van der Waals surface area contributed by atoms with Gasteiger partial charge in [0.1, 0.15) is 23.3 Å². The van der Waals surface area contributed by atoms with Crippen LogP contribution in [0.25, 0.3) is 5.76 Å². The molecule has 1 fully saturated rings. The molecule has 1 saturated heterocycles. The minimum Gasteiger partial charge on any atom is -0.507 e. The number of hydrogen-bond donors (Lipinski definition) is 1. The summed E-state index contributed by atoms with van der Waals surface area (Å²) in [5, 5.41) is 11.2. The Hall–Kier alpha value is -3.80. The van der Waals surface area contributed by atoms with Crippen molar-refractivity contribution in [2.45, 2.75) is 32.2 Å². The molecule has 1 aromatic heterocycles. The van der Waals surface area contributed by atoms with Crippen molar-refractivity contribution in [3.63, 3.8) is 0 Å². The van der Waals surface area contributed by atoms with E-state index >= 15 is 0 Å². The average Bonchev–Trinajstić information content (AvgIpc) is 3.45. The molecule has 2 aromatic carbocycles. The van der Waals surface area contributed by atoms with Crippen molar-refractivity contribution >= 4 is 23.1 Å². The summed E-state index contributed by atoms with van der Waals surface area (Å²) < 4.78 is 11.3. The standard InChI is InChI=1S/C26H23NO5/c1-2-16-7-10-19(11-8-16)27-23(21-6-4-14-32-21)22(25(29)26(27)30)24(28)18-9-12-20-17(15-18)5-3-13-31-20/h4,6-12,14-15,23,28H,2-3,5,13H2,1H3/b24-22-. The van der Waals surface area contributed by atoms with E-state index < -0.39 is 17.7 Å². The Kier molecular flexibility index (Phi) is 5.05. The number of benzene rings is 2. The van der Waals surface area contributed by atoms with Gasteiger partial charge >= 0.3 is 0 Å². The van der Waals surface area contributed by atoms with E-state index in [1.54, 1.807) is 24.3 Å². The van der Waals surface area contributed by atoms with E-state index in [2.05, 4.69) is 0 Å². The van der Waals surface area contributed by atoms with E-state index in [0.29, 0.717) is 23.6 Å². The van der Waals surface area contributed by atoms with Gasteiger partial charge in [-0.05, 0) is 72.9 Å². The summed E-state index contributed by atoms with van der Waals surface area (Å²) in [7, 11) is 0. The number of aryl methyl sites for hydroxylation is 2. The van der Waals surface area contributed by atoms with Crippen molar-refractivity contribution in [1.82, 2.24) is 0 Å². The molecule has 0 bridgehead atoms. The smallest absolute Gasteiger partial charge is 0.300 e. The second kappa shape index (κ2) is 8.04.